The standard InChI is InChI=1S/C25H25FN2O5S/c1-3-28(22-7-5-4-6-8-22)34(31,32)23-15-11-20(12-16-23)25(30)33-17-24(29)27-18(2)19-9-13-21(26)14-10-19/h4-16,18H,3,17H2,1-2H3,(H,27,29)/t18-/m0/s1. The lowest BCUT2D eigenvalue weighted by Gasteiger charge is -2.22. The van der Waals surface area contributed by atoms with Crippen LogP contribution in [0.1, 0.15) is 35.8 Å². The van der Waals surface area contributed by atoms with E-state index in [-0.39, 0.29) is 22.8 Å². The van der Waals surface area contributed by atoms with E-state index < -0.39 is 34.5 Å². The van der Waals surface area contributed by atoms with Gasteiger partial charge in [0.25, 0.3) is 15.9 Å². The summed E-state index contributed by atoms with van der Waals surface area (Å²) in [6, 6.07) is 19.3. The first-order valence-electron chi connectivity index (χ1n) is 10.6. The van der Waals surface area contributed by atoms with Gasteiger partial charge in [-0.05, 0) is 67.9 Å². The predicted molar refractivity (Wildman–Crippen MR) is 126 cm³/mol. The van der Waals surface area contributed by atoms with Crippen molar-refractivity contribution >= 4 is 27.6 Å². The first kappa shape index (κ1) is 24.9. The van der Waals surface area contributed by atoms with Gasteiger partial charge in [0.2, 0.25) is 0 Å². The molecule has 1 atom stereocenters. The van der Waals surface area contributed by atoms with Crippen LogP contribution in [0.2, 0.25) is 0 Å². The zero-order valence-electron chi connectivity index (χ0n) is 18.8. The molecule has 0 bridgehead atoms. The van der Waals surface area contributed by atoms with E-state index in [1.807, 2.05) is 0 Å². The molecule has 0 saturated carbocycles. The predicted octanol–water partition coefficient (Wildman–Crippen LogP) is 4.08. The number of para-hydroxylation sites is 1. The van der Waals surface area contributed by atoms with Gasteiger partial charge in [0, 0.05) is 6.54 Å². The number of carbonyl (C=O) groups excluding carboxylic acids is 2. The van der Waals surface area contributed by atoms with Crippen molar-refractivity contribution in [1.29, 1.82) is 0 Å². The van der Waals surface area contributed by atoms with Gasteiger partial charge in [0.05, 0.1) is 22.2 Å². The smallest absolute Gasteiger partial charge is 0.338 e. The molecular formula is C25H25FN2O5S. The topological polar surface area (TPSA) is 92.8 Å². The number of esters is 1. The average Bonchev–Trinajstić information content (AvgIpc) is 2.84. The van der Waals surface area contributed by atoms with Crippen LogP contribution in [0.25, 0.3) is 0 Å². The molecule has 1 N–H and O–H groups in total. The number of nitrogens with zero attached hydrogens (tertiary/aromatic N) is 1. The van der Waals surface area contributed by atoms with E-state index in [1.165, 1.54) is 40.7 Å². The third kappa shape index (κ3) is 5.99. The molecule has 3 aromatic carbocycles. The summed E-state index contributed by atoms with van der Waals surface area (Å²) >= 11 is 0. The number of halogens is 1. The van der Waals surface area contributed by atoms with Crippen molar-refractivity contribution in [3.05, 3.63) is 95.8 Å². The van der Waals surface area contributed by atoms with Crippen molar-refractivity contribution in [2.45, 2.75) is 24.8 Å². The lowest BCUT2D eigenvalue weighted by Crippen LogP contribution is -2.31. The number of hydrogen-bond acceptors (Lipinski definition) is 5. The summed E-state index contributed by atoms with van der Waals surface area (Å²) in [5.74, 6) is -1.66. The molecule has 7 nitrogen and oxygen atoms in total. The summed E-state index contributed by atoms with van der Waals surface area (Å²) in [6.07, 6.45) is 0. The SMILES string of the molecule is CCN(c1ccccc1)S(=O)(=O)c1ccc(C(=O)OCC(=O)N[C@@H](C)c2ccc(F)cc2)cc1. The number of amides is 1. The molecule has 0 fully saturated rings. The van der Waals surface area contributed by atoms with E-state index in [4.69, 9.17) is 4.74 Å². The molecule has 178 valence electrons. The van der Waals surface area contributed by atoms with Crippen LogP contribution >= 0.6 is 0 Å². The minimum atomic E-state index is -3.82. The molecular weight excluding hydrogens is 459 g/mol. The zero-order valence-corrected chi connectivity index (χ0v) is 19.6. The molecule has 0 aliphatic rings. The normalized spacial score (nSPS) is 12.0. The fourth-order valence-corrected chi connectivity index (χ4v) is 4.78. The van der Waals surface area contributed by atoms with Gasteiger partial charge in [-0.15, -0.1) is 0 Å². The van der Waals surface area contributed by atoms with E-state index in [0.717, 1.165) is 0 Å². The summed E-state index contributed by atoms with van der Waals surface area (Å²) in [7, 11) is -3.82. The Morgan fingerprint density at radius 3 is 2.18 bits per heavy atom. The summed E-state index contributed by atoms with van der Waals surface area (Å²) < 4.78 is 45.4. The summed E-state index contributed by atoms with van der Waals surface area (Å²) in [5, 5.41) is 2.66. The summed E-state index contributed by atoms with van der Waals surface area (Å²) in [4.78, 5) is 24.5. The average molecular weight is 485 g/mol. The molecule has 3 rings (SSSR count). The van der Waals surface area contributed by atoms with Gasteiger partial charge in [-0.1, -0.05) is 30.3 Å². The van der Waals surface area contributed by atoms with Crippen LogP contribution in [-0.2, 0) is 19.6 Å². The van der Waals surface area contributed by atoms with Crippen LogP contribution in [0.4, 0.5) is 10.1 Å². The Morgan fingerprint density at radius 2 is 1.59 bits per heavy atom. The van der Waals surface area contributed by atoms with E-state index in [0.29, 0.717) is 11.3 Å². The Hall–Kier alpha value is -3.72. The number of hydrogen-bond donors (Lipinski definition) is 1. The van der Waals surface area contributed by atoms with Crippen LogP contribution in [-0.4, -0.2) is 33.4 Å². The Labute approximate surface area is 198 Å². The van der Waals surface area contributed by atoms with E-state index in [2.05, 4.69) is 5.32 Å². The monoisotopic (exact) mass is 484 g/mol. The first-order valence-corrected chi connectivity index (χ1v) is 12.1. The summed E-state index contributed by atoms with van der Waals surface area (Å²) in [6.45, 7) is 3.18. The highest BCUT2D eigenvalue weighted by Gasteiger charge is 2.24. The van der Waals surface area contributed by atoms with Crippen molar-refractivity contribution < 1.29 is 27.1 Å². The number of sulfonamides is 1. The van der Waals surface area contributed by atoms with Gasteiger partial charge >= 0.3 is 5.97 Å². The lowest BCUT2D eigenvalue weighted by molar-refractivity contribution is -0.124. The van der Waals surface area contributed by atoms with Crippen LogP contribution in [0.5, 0.6) is 0 Å². The Bertz CT molecular complexity index is 1230. The Morgan fingerprint density at radius 1 is 0.971 bits per heavy atom. The van der Waals surface area contributed by atoms with Gasteiger partial charge in [-0.2, -0.15) is 0 Å². The maximum absolute atomic E-state index is 13.0. The van der Waals surface area contributed by atoms with Gasteiger partial charge in [0.15, 0.2) is 6.61 Å². The van der Waals surface area contributed by atoms with Crippen molar-refractivity contribution in [3.63, 3.8) is 0 Å². The molecule has 1 amide bonds. The molecule has 0 radical (unpaired) electrons. The quantitative estimate of drug-likeness (QED) is 0.462. The second-order valence-corrected chi connectivity index (χ2v) is 9.31. The molecule has 0 aliphatic heterocycles. The van der Waals surface area contributed by atoms with E-state index in [1.54, 1.807) is 56.3 Å². The molecule has 0 heterocycles. The maximum atomic E-state index is 13.0. The molecule has 0 saturated heterocycles. The van der Waals surface area contributed by atoms with Crippen molar-refractivity contribution in [2.24, 2.45) is 0 Å². The van der Waals surface area contributed by atoms with Gasteiger partial charge in [0.1, 0.15) is 5.82 Å². The second-order valence-electron chi connectivity index (χ2n) is 7.45. The van der Waals surface area contributed by atoms with Crippen LogP contribution in [0.3, 0.4) is 0 Å². The molecule has 0 unspecified atom stereocenters. The number of ether oxygens (including phenoxy) is 1. The molecule has 0 aliphatic carbocycles. The largest absolute Gasteiger partial charge is 0.452 e. The molecule has 0 spiro atoms. The van der Waals surface area contributed by atoms with Crippen molar-refractivity contribution in [1.82, 2.24) is 5.32 Å². The minimum absolute atomic E-state index is 0.0284. The third-order valence-corrected chi connectivity index (χ3v) is 7.01. The van der Waals surface area contributed by atoms with E-state index in [9.17, 15) is 22.4 Å². The third-order valence-electron chi connectivity index (χ3n) is 5.09. The number of rotatable bonds is 9. The number of benzene rings is 3. The first-order chi connectivity index (χ1) is 16.2. The fraction of sp³-hybridized carbons (Fsp3) is 0.200. The highest BCUT2D eigenvalue weighted by molar-refractivity contribution is 7.92. The molecule has 34 heavy (non-hydrogen) atoms. The Kier molecular flexibility index (Phi) is 8.01. The number of carbonyl (C=O) groups is 2. The number of nitrogens with one attached hydrogen (secondary N) is 1. The summed E-state index contributed by atoms with van der Waals surface area (Å²) in [5.41, 5.74) is 1.35. The minimum Gasteiger partial charge on any atom is -0.452 e. The van der Waals surface area contributed by atoms with E-state index >= 15 is 0 Å². The van der Waals surface area contributed by atoms with Gasteiger partial charge in [-0.3, -0.25) is 9.10 Å². The molecule has 3 aromatic rings. The highest BCUT2D eigenvalue weighted by atomic mass is 32.2. The van der Waals surface area contributed by atoms with Gasteiger partial charge in [-0.25, -0.2) is 17.6 Å². The zero-order chi connectivity index (χ0) is 24.7. The Balaban J connectivity index is 1.60. The number of anilines is 1. The molecule has 9 heteroatoms. The van der Waals surface area contributed by atoms with Crippen molar-refractivity contribution in [3.8, 4) is 0 Å². The van der Waals surface area contributed by atoms with Crippen LogP contribution < -0.4 is 9.62 Å². The van der Waals surface area contributed by atoms with Crippen molar-refractivity contribution in [2.75, 3.05) is 17.5 Å². The lowest BCUT2D eigenvalue weighted by atomic mass is 10.1. The van der Waals surface area contributed by atoms with Crippen LogP contribution in [0, 0.1) is 5.82 Å². The van der Waals surface area contributed by atoms with Gasteiger partial charge < -0.3 is 10.1 Å². The second kappa shape index (κ2) is 10.9. The fourth-order valence-electron chi connectivity index (χ4n) is 3.31. The highest BCUT2D eigenvalue weighted by Crippen LogP contribution is 2.23. The maximum Gasteiger partial charge on any atom is 0.338 e. The molecule has 0 aromatic heterocycles. The van der Waals surface area contributed by atoms with Crippen LogP contribution in [0.15, 0.2) is 83.8 Å².